The van der Waals surface area contributed by atoms with Gasteiger partial charge >= 0.3 is 0 Å². The van der Waals surface area contributed by atoms with Gasteiger partial charge in [0.15, 0.2) is 0 Å². The molecule has 2 rings (SSSR count). The van der Waals surface area contributed by atoms with Gasteiger partial charge in [0.1, 0.15) is 5.82 Å². The molecule has 0 bridgehead atoms. The molecule has 0 fully saturated rings. The highest BCUT2D eigenvalue weighted by atomic mass is 79.9. The average molecular weight is 373 g/mol. The van der Waals surface area contributed by atoms with Crippen molar-refractivity contribution in [2.45, 2.75) is 18.7 Å². The normalized spacial score (nSPS) is 11.4. The Morgan fingerprint density at radius 1 is 1.19 bits per heavy atom. The smallest absolute Gasteiger partial charge is 0.262 e. The number of sulfonamides is 1. The Balaban J connectivity index is 2.48. The third-order valence-electron chi connectivity index (χ3n) is 2.95. The molecule has 0 aliphatic rings. The third kappa shape index (κ3) is 3.36. The summed E-state index contributed by atoms with van der Waals surface area (Å²) in [7, 11) is -3.91. The molecular weight excluding hydrogens is 359 g/mol. The molecule has 0 atom stereocenters. The number of benzene rings is 2. The van der Waals surface area contributed by atoms with Crippen molar-refractivity contribution in [2.75, 3.05) is 10.5 Å². The van der Waals surface area contributed by atoms with Gasteiger partial charge in [-0.3, -0.25) is 4.72 Å². The van der Waals surface area contributed by atoms with Crippen LogP contribution in [-0.2, 0) is 10.0 Å². The molecule has 7 heteroatoms. The fraction of sp³-hybridized carbons (Fsp3) is 0.143. The number of halogens is 2. The SMILES string of the molecule is Cc1ccc(F)c(NS(=O)(=O)c2cc(N)c(Br)cc2C)c1. The van der Waals surface area contributed by atoms with Crippen molar-refractivity contribution in [3.63, 3.8) is 0 Å². The molecule has 21 heavy (non-hydrogen) atoms. The molecule has 2 aromatic rings. The number of nitrogen functional groups attached to an aromatic ring is 1. The second-order valence-corrected chi connectivity index (χ2v) is 7.23. The van der Waals surface area contributed by atoms with Gasteiger partial charge in [-0.15, -0.1) is 0 Å². The summed E-state index contributed by atoms with van der Waals surface area (Å²) in [4.78, 5) is 0.0177. The van der Waals surface area contributed by atoms with E-state index in [1.165, 1.54) is 18.2 Å². The van der Waals surface area contributed by atoms with E-state index >= 15 is 0 Å². The van der Waals surface area contributed by atoms with Gasteiger partial charge in [0.25, 0.3) is 10.0 Å². The van der Waals surface area contributed by atoms with Crippen LogP contribution in [0.1, 0.15) is 11.1 Å². The zero-order chi connectivity index (χ0) is 15.8. The van der Waals surface area contributed by atoms with E-state index in [0.717, 1.165) is 5.56 Å². The Labute approximate surface area is 131 Å². The lowest BCUT2D eigenvalue weighted by atomic mass is 10.2. The molecule has 0 amide bonds. The monoisotopic (exact) mass is 372 g/mol. The zero-order valence-corrected chi connectivity index (χ0v) is 13.8. The first-order valence-corrected chi connectivity index (χ1v) is 8.33. The second kappa shape index (κ2) is 5.65. The van der Waals surface area contributed by atoms with E-state index in [9.17, 15) is 12.8 Å². The topological polar surface area (TPSA) is 72.2 Å². The molecule has 112 valence electrons. The maximum atomic E-state index is 13.7. The van der Waals surface area contributed by atoms with Crippen LogP contribution in [0, 0.1) is 19.7 Å². The van der Waals surface area contributed by atoms with Crippen LogP contribution in [0.4, 0.5) is 15.8 Å². The minimum atomic E-state index is -3.91. The Morgan fingerprint density at radius 3 is 2.52 bits per heavy atom. The Morgan fingerprint density at radius 2 is 1.86 bits per heavy atom. The molecule has 0 aliphatic heterocycles. The Kier molecular flexibility index (Phi) is 4.25. The summed E-state index contributed by atoms with van der Waals surface area (Å²) in [5.74, 6) is -0.632. The molecule has 2 aromatic carbocycles. The number of nitrogens with one attached hydrogen (secondary N) is 1. The lowest BCUT2D eigenvalue weighted by Gasteiger charge is -2.13. The van der Waals surface area contributed by atoms with E-state index in [1.807, 2.05) is 0 Å². The number of anilines is 2. The predicted octanol–water partition coefficient (Wildman–Crippen LogP) is 3.59. The highest BCUT2D eigenvalue weighted by Crippen LogP contribution is 2.28. The molecule has 0 spiro atoms. The van der Waals surface area contributed by atoms with Crippen LogP contribution in [0.25, 0.3) is 0 Å². The maximum absolute atomic E-state index is 13.7. The van der Waals surface area contributed by atoms with Crippen molar-refractivity contribution in [1.29, 1.82) is 0 Å². The van der Waals surface area contributed by atoms with E-state index in [0.29, 0.717) is 15.7 Å². The average Bonchev–Trinajstić information content (AvgIpc) is 2.37. The van der Waals surface area contributed by atoms with E-state index in [2.05, 4.69) is 20.7 Å². The zero-order valence-electron chi connectivity index (χ0n) is 11.4. The van der Waals surface area contributed by atoms with Crippen molar-refractivity contribution in [1.82, 2.24) is 0 Å². The van der Waals surface area contributed by atoms with Crippen LogP contribution < -0.4 is 10.5 Å². The fourth-order valence-electron chi connectivity index (χ4n) is 1.88. The molecule has 0 aromatic heterocycles. The summed E-state index contributed by atoms with van der Waals surface area (Å²) < 4.78 is 41.4. The summed E-state index contributed by atoms with van der Waals surface area (Å²) in [6.07, 6.45) is 0. The van der Waals surface area contributed by atoms with E-state index in [-0.39, 0.29) is 10.6 Å². The minimum absolute atomic E-state index is 0.0177. The Hall–Kier alpha value is -1.60. The number of nitrogens with two attached hydrogens (primary N) is 1. The summed E-state index contributed by atoms with van der Waals surface area (Å²) in [5, 5.41) is 0. The van der Waals surface area contributed by atoms with Crippen molar-refractivity contribution in [3.05, 3.63) is 51.7 Å². The molecule has 0 heterocycles. The number of hydrogen-bond donors (Lipinski definition) is 2. The molecule has 0 saturated carbocycles. The largest absolute Gasteiger partial charge is 0.398 e. The van der Waals surface area contributed by atoms with E-state index in [1.54, 1.807) is 26.0 Å². The van der Waals surface area contributed by atoms with Gasteiger partial charge in [-0.05, 0) is 65.2 Å². The first-order valence-electron chi connectivity index (χ1n) is 6.05. The highest BCUT2D eigenvalue weighted by Gasteiger charge is 2.20. The van der Waals surface area contributed by atoms with Gasteiger partial charge in [-0.2, -0.15) is 0 Å². The van der Waals surface area contributed by atoms with Gasteiger partial charge in [-0.1, -0.05) is 6.07 Å². The van der Waals surface area contributed by atoms with Gasteiger partial charge in [0.2, 0.25) is 0 Å². The fourth-order valence-corrected chi connectivity index (χ4v) is 3.65. The first kappa shape index (κ1) is 15.8. The summed E-state index contributed by atoms with van der Waals surface area (Å²) in [5.41, 5.74) is 7.19. The molecule has 0 saturated heterocycles. The van der Waals surface area contributed by atoms with Crippen molar-refractivity contribution >= 4 is 37.3 Å². The first-order chi connectivity index (χ1) is 9.70. The summed E-state index contributed by atoms with van der Waals surface area (Å²) in [6.45, 7) is 3.39. The third-order valence-corrected chi connectivity index (χ3v) is 5.14. The molecule has 0 aliphatic carbocycles. The maximum Gasteiger partial charge on any atom is 0.262 e. The number of aryl methyl sites for hydroxylation is 2. The number of rotatable bonds is 3. The second-order valence-electron chi connectivity index (χ2n) is 4.73. The summed E-state index contributed by atoms with van der Waals surface area (Å²) >= 11 is 3.23. The van der Waals surface area contributed by atoms with Crippen LogP contribution in [0.3, 0.4) is 0 Å². The summed E-state index contributed by atoms with van der Waals surface area (Å²) in [6, 6.07) is 7.17. The van der Waals surface area contributed by atoms with Crippen LogP contribution >= 0.6 is 15.9 Å². The van der Waals surface area contributed by atoms with Gasteiger partial charge < -0.3 is 5.73 Å². The van der Waals surface area contributed by atoms with Crippen LogP contribution in [0.2, 0.25) is 0 Å². The molecular formula is C14H14BrFN2O2S. The van der Waals surface area contributed by atoms with E-state index < -0.39 is 15.8 Å². The van der Waals surface area contributed by atoms with Gasteiger partial charge in [-0.25, -0.2) is 12.8 Å². The number of hydrogen-bond acceptors (Lipinski definition) is 3. The van der Waals surface area contributed by atoms with Crippen molar-refractivity contribution in [3.8, 4) is 0 Å². The molecule has 0 radical (unpaired) electrons. The quantitative estimate of drug-likeness (QED) is 0.808. The Bertz CT molecular complexity index is 807. The minimum Gasteiger partial charge on any atom is -0.398 e. The van der Waals surface area contributed by atoms with Crippen LogP contribution in [-0.4, -0.2) is 8.42 Å². The van der Waals surface area contributed by atoms with Crippen molar-refractivity contribution in [2.24, 2.45) is 0 Å². The highest BCUT2D eigenvalue weighted by molar-refractivity contribution is 9.10. The van der Waals surface area contributed by atoms with Crippen LogP contribution in [0.5, 0.6) is 0 Å². The lowest BCUT2D eigenvalue weighted by Crippen LogP contribution is -2.15. The standard InChI is InChI=1S/C14H14BrFN2O2S/c1-8-3-4-11(16)13(5-8)18-21(19,20)14-7-12(17)10(15)6-9(14)2/h3-7,18H,17H2,1-2H3. The van der Waals surface area contributed by atoms with Crippen LogP contribution in [0.15, 0.2) is 39.7 Å². The van der Waals surface area contributed by atoms with Gasteiger partial charge in [0, 0.05) is 10.2 Å². The van der Waals surface area contributed by atoms with Gasteiger partial charge in [0.05, 0.1) is 10.6 Å². The molecule has 0 unspecified atom stereocenters. The van der Waals surface area contributed by atoms with E-state index in [4.69, 9.17) is 5.73 Å². The molecule has 3 N–H and O–H groups in total. The lowest BCUT2D eigenvalue weighted by molar-refractivity contribution is 0.598. The predicted molar refractivity (Wildman–Crippen MR) is 85.2 cm³/mol. The molecule has 4 nitrogen and oxygen atoms in total. The van der Waals surface area contributed by atoms with Crippen molar-refractivity contribution < 1.29 is 12.8 Å².